The van der Waals surface area contributed by atoms with Crippen LogP contribution in [0.3, 0.4) is 0 Å². The molecular weight excluding hydrogens is 302 g/mol. The van der Waals surface area contributed by atoms with E-state index in [4.69, 9.17) is 4.74 Å². The van der Waals surface area contributed by atoms with Crippen LogP contribution in [0.5, 0.6) is 5.75 Å². The highest BCUT2D eigenvalue weighted by atomic mass is 16.5. The summed E-state index contributed by atoms with van der Waals surface area (Å²) in [7, 11) is 1.69. The van der Waals surface area contributed by atoms with E-state index >= 15 is 0 Å². The lowest BCUT2D eigenvalue weighted by atomic mass is 9.91. The fraction of sp³-hybridized carbons (Fsp3) is 0.474. The number of hydrogen-bond acceptors (Lipinski definition) is 3. The third kappa shape index (κ3) is 4.37. The number of piperidine rings is 1. The van der Waals surface area contributed by atoms with E-state index in [-0.39, 0.29) is 5.91 Å². The Morgan fingerprint density at radius 3 is 2.88 bits per heavy atom. The van der Waals surface area contributed by atoms with Gasteiger partial charge in [0.2, 0.25) is 5.91 Å². The molecule has 0 saturated carbocycles. The molecule has 0 aliphatic carbocycles. The Morgan fingerprint density at radius 1 is 1.33 bits per heavy atom. The van der Waals surface area contributed by atoms with Gasteiger partial charge in [0.15, 0.2) is 0 Å². The van der Waals surface area contributed by atoms with E-state index in [9.17, 15) is 4.79 Å². The normalized spacial score (nSPS) is 17.7. The molecule has 5 nitrogen and oxygen atoms in total. The van der Waals surface area contributed by atoms with E-state index in [1.54, 1.807) is 18.0 Å². The van der Waals surface area contributed by atoms with Crippen molar-refractivity contribution in [2.45, 2.75) is 32.2 Å². The van der Waals surface area contributed by atoms with Gasteiger partial charge in [0.05, 0.1) is 7.11 Å². The van der Waals surface area contributed by atoms with Crippen LogP contribution in [0.4, 0.5) is 0 Å². The van der Waals surface area contributed by atoms with Crippen molar-refractivity contribution in [2.75, 3.05) is 20.2 Å². The third-order valence-electron chi connectivity index (χ3n) is 4.73. The average Bonchev–Trinajstić information content (AvgIpc) is 3.13. The van der Waals surface area contributed by atoms with Gasteiger partial charge in [0, 0.05) is 25.5 Å². The number of nitrogens with zero attached hydrogens (tertiary/aromatic N) is 3. The van der Waals surface area contributed by atoms with Gasteiger partial charge in [-0.25, -0.2) is 0 Å². The molecule has 24 heavy (non-hydrogen) atoms. The summed E-state index contributed by atoms with van der Waals surface area (Å²) in [6.45, 7) is 2.09. The average molecular weight is 327 g/mol. The van der Waals surface area contributed by atoms with Crippen molar-refractivity contribution in [1.29, 1.82) is 0 Å². The van der Waals surface area contributed by atoms with Gasteiger partial charge < -0.3 is 9.64 Å². The van der Waals surface area contributed by atoms with Gasteiger partial charge in [0.1, 0.15) is 12.3 Å². The molecule has 1 atom stereocenters. The number of carbonyl (C=O) groups is 1. The Morgan fingerprint density at radius 2 is 2.17 bits per heavy atom. The van der Waals surface area contributed by atoms with Gasteiger partial charge in [0.25, 0.3) is 0 Å². The third-order valence-corrected chi connectivity index (χ3v) is 4.73. The molecule has 0 N–H and O–H groups in total. The van der Waals surface area contributed by atoms with Crippen LogP contribution in [-0.4, -0.2) is 40.8 Å². The first-order chi connectivity index (χ1) is 11.7. The molecule has 128 valence electrons. The molecule has 1 saturated heterocycles. The number of likely N-dealkylation sites (tertiary alicyclic amines) is 1. The smallest absolute Gasteiger partial charge is 0.244 e. The first kappa shape index (κ1) is 16.6. The highest BCUT2D eigenvalue weighted by Gasteiger charge is 2.23. The first-order valence-electron chi connectivity index (χ1n) is 8.63. The Hall–Kier alpha value is -2.30. The topological polar surface area (TPSA) is 47.4 Å². The van der Waals surface area contributed by atoms with Crippen LogP contribution in [0.15, 0.2) is 42.7 Å². The molecule has 1 aliphatic rings. The molecule has 3 rings (SSSR count). The number of rotatable bonds is 6. The minimum atomic E-state index is 0.174. The number of aryl methyl sites for hydroxylation is 1. The van der Waals surface area contributed by atoms with Gasteiger partial charge in [-0.15, -0.1) is 0 Å². The molecule has 1 aliphatic heterocycles. The van der Waals surface area contributed by atoms with Crippen molar-refractivity contribution < 1.29 is 9.53 Å². The second kappa shape index (κ2) is 7.99. The van der Waals surface area contributed by atoms with E-state index in [1.807, 2.05) is 29.3 Å². The van der Waals surface area contributed by atoms with E-state index < -0.39 is 0 Å². The molecule has 0 spiro atoms. The van der Waals surface area contributed by atoms with E-state index in [2.05, 4.69) is 17.2 Å². The quantitative estimate of drug-likeness (QED) is 0.820. The Bertz CT molecular complexity index is 637. The summed E-state index contributed by atoms with van der Waals surface area (Å²) in [5.41, 5.74) is 1.33. The van der Waals surface area contributed by atoms with Gasteiger partial charge in [-0.3, -0.25) is 9.48 Å². The maximum absolute atomic E-state index is 12.4. The van der Waals surface area contributed by atoms with Crippen LogP contribution in [-0.2, 0) is 17.8 Å². The van der Waals surface area contributed by atoms with Gasteiger partial charge in [-0.05, 0) is 55.4 Å². The van der Waals surface area contributed by atoms with E-state index in [1.165, 1.54) is 12.0 Å². The SMILES string of the molecule is COc1ccc(CCC2CCCN(C(=O)Cn3cccn3)C2)cc1. The standard InChI is InChI=1S/C19H25N3O2/c1-24-18-9-7-16(8-10-18)5-6-17-4-2-12-21(14-17)19(23)15-22-13-3-11-20-22/h3,7-11,13,17H,2,4-6,12,14-15H2,1H3. The van der Waals surface area contributed by atoms with E-state index in [0.29, 0.717) is 12.5 Å². The van der Waals surface area contributed by atoms with Crippen molar-refractivity contribution in [1.82, 2.24) is 14.7 Å². The number of amides is 1. The maximum atomic E-state index is 12.4. The van der Waals surface area contributed by atoms with Crippen molar-refractivity contribution in [3.05, 3.63) is 48.3 Å². The minimum Gasteiger partial charge on any atom is -0.497 e. The second-order valence-electron chi connectivity index (χ2n) is 6.44. The Kier molecular flexibility index (Phi) is 5.51. The lowest BCUT2D eigenvalue weighted by molar-refractivity contribution is -0.133. The zero-order valence-electron chi connectivity index (χ0n) is 14.2. The molecular formula is C19H25N3O2. The van der Waals surface area contributed by atoms with Crippen LogP contribution in [0, 0.1) is 5.92 Å². The zero-order valence-corrected chi connectivity index (χ0v) is 14.2. The molecule has 2 heterocycles. The largest absolute Gasteiger partial charge is 0.497 e. The van der Waals surface area contributed by atoms with Crippen LogP contribution < -0.4 is 4.74 Å². The van der Waals surface area contributed by atoms with Crippen molar-refractivity contribution >= 4 is 5.91 Å². The predicted molar refractivity (Wildman–Crippen MR) is 92.8 cm³/mol. The van der Waals surface area contributed by atoms with Gasteiger partial charge in [-0.1, -0.05) is 12.1 Å². The second-order valence-corrected chi connectivity index (χ2v) is 6.44. The number of methoxy groups -OCH3 is 1. The number of hydrogen-bond donors (Lipinski definition) is 0. The monoisotopic (exact) mass is 327 g/mol. The molecule has 0 radical (unpaired) electrons. The molecule has 1 fully saturated rings. The van der Waals surface area contributed by atoms with Crippen LogP contribution in [0.2, 0.25) is 0 Å². The predicted octanol–water partition coefficient (Wildman–Crippen LogP) is 2.76. The maximum Gasteiger partial charge on any atom is 0.244 e. The highest BCUT2D eigenvalue weighted by molar-refractivity contribution is 5.76. The molecule has 5 heteroatoms. The number of carbonyl (C=O) groups excluding carboxylic acids is 1. The summed E-state index contributed by atoms with van der Waals surface area (Å²) in [6.07, 6.45) is 8.03. The lowest BCUT2D eigenvalue weighted by Gasteiger charge is -2.33. The summed E-state index contributed by atoms with van der Waals surface area (Å²) in [5.74, 6) is 1.65. The van der Waals surface area contributed by atoms with Crippen LogP contribution >= 0.6 is 0 Å². The summed E-state index contributed by atoms with van der Waals surface area (Å²) < 4.78 is 6.89. The molecule has 1 unspecified atom stereocenters. The molecule has 2 aromatic rings. The fourth-order valence-electron chi connectivity index (χ4n) is 3.32. The van der Waals surface area contributed by atoms with Gasteiger partial charge >= 0.3 is 0 Å². The molecule has 1 aromatic carbocycles. The van der Waals surface area contributed by atoms with Crippen molar-refractivity contribution in [3.63, 3.8) is 0 Å². The first-order valence-corrected chi connectivity index (χ1v) is 8.63. The summed E-state index contributed by atoms with van der Waals surface area (Å²) >= 11 is 0. The summed E-state index contributed by atoms with van der Waals surface area (Å²) in [4.78, 5) is 14.4. The van der Waals surface area contributed by atoms with Crippen molar-refractivity contribution in [2.24, 2.45) is 5.92 Å². The van der Waals surface area contributed by atoms with Crippen LogP contribution in [0.25, 0.3) is 0 Å². The molecule has 1 amide bonds. The number of aromatic nitrogens is 2. The zero-order chi connectivity index (χ0) is 16.8. The number of ether oxygens (including phenoxy) is 1. The minimum absolute atomic E-state index is 0.174. The Balaban J connectivity index is 1.48. The Labute approximate surface area is 143 Å². The van der Waals surface area contributed by atoms with E-state index in [0.717, 1.165) is 38.1 Å². The molecule has 0 bridgehead atoms. The summed E-state index contributed by atoms with van der Waals surface area (Å²) in [5, 5.41) is 4.12. The highest BCUT2D eigenvalue weighted by Crippen LogP contribution is 2.22. The fourth-order valence-corrected chi connectivity index (χ4v) is 3.32. The van der Waals surface area contributed by atoms with Gasteiger partial charge in [-0.2, -0.15) is 5.10 Å². The van der Waals surface area contributed by atoms with Crippen LogP contribution in [0.1, 0.15) is 24.8 Å². The molecule has 1 aromatic heterocycles. The van der Waals surface area contributed by atoms with Crippen molar-refractivity contribution in [3.8, 4) is 5.75 Å². The lowest BCUT2D eigenvalue weighted by Crippen LogP contribution is -2.41. The number of benzene rings is 1. The summed E-state index contributed by atoms with van der Waals surface area (Å²) in [6, 6.07) is 10.1.